The first kappa shape index (κ1) is 16.0. The minimum Gasteiger partial charge on any atom is -0.434 e. The quantitative estimate of drug-likeness (QED) is 0.729. The minimum absolute atomic E-state index is 0.00157. The summed E-state index contributed by atoms with van der Waals surface area (Å²) in [5, 5.41) is -0.163. The SMILES string of the molecule is Nc1cc(Cl)c(Oc2ncc(C(F)(F)F)cc2Cl)c(Cl)c1. The monoisotopic (exact) mass is 356 g/mol. The van der Waals surface area contributed by atoms with Gasteiger partial charge < -0.3 is 10.5 Å². The van der Waals surface area contributed by atoms with Crippen LogP contribution < -0.4 is 10.5 Å². The van der Waals surface area contributed by atoms with Gasteiger partial charge >= 0.3 is 6.18 Å². The molecule has 0 aliphatic rings. The molecule has 0 amide bonds. The van der Waals surface area contributed by atoms with Crippen molar-refractivity contribution in [3.05, 3.63) is 45.0 Å². The molecule has 0 bridgehead atoms. The molecule has 0 spiro atoms. The maximum atomic E-state index is 12.5. The Balaban J connectivity index is 2.37. The number of nitrogens with zero attached hydrogens (tertiary/aromatic N) is 1. The van der Waals surface area contributed by atoms with Crippen molar-refractivity contribution in [2.75, 3.05) is 5.73 Å². The summed E-state index contributed by atoms with van der Waals surface area (Å²) in [6.45, 7) is 0. The van der Waals surface area contributed by atoms with Crippen LogP contribution in [0.1, 0.15) is 5.56 Å². The number of alkyl halides is 3. The van der Waals surface area contributed by atoms with Crippen molar-refractivity contribution in [2.24, 2.45) is 0 Å². The first-order chi connectivity index (χ1) is 9.68. The third kappa shape index (κ3) is 3.64. The highest BCUT2D eigenvalue weighted by Gasteiger charge is 2.32. The van der Waals surface area contributed by atoms with Crippen LogP contribution >= 0.6 is 34.8 Å². The first-order valence-corrected chi connectivity index (χ1v) is 6.47. The summed E-state index contributed by atoms with van der Waals surface area (Å²) in [5.41, 5.74) is 4.85. The van der Waals surface area contributed by atoms with E-state index < -0.39 is 11.7 Å². The molecule has 3 nitrogen and oxygen atoms in total. The molecule has 112 valence electrons. The minimum atomic E-state index is -4.55. The number of pyridine rings is 1. The first-order valence-electron chi connectivity index (χ1n) is 5.33. The molecule has 9 heteroatoms. The van der Waals surface area contributed by atoms with E-state index in [0.717, 1.165) is 0 Å². The van der Waals surface area contributed by atoms with Crippen LogP contribution in [0.25, 0.3) is 0 Å². The molecule has 0 unspecified atom stereocenters. The summed E-state index contributed by atoms with van der Waals surface area (Å²) < 4.78 is 42.8. The lowest BCUT2D eigenvalue weighted by Crippen LogP contribution is -2.06. The van der Waals surface area contributed by atoms with E-state index in [2.05, 4.69) is 4.98 Å². The Morgan fingerprint density at radius 3 is 2.05 bits per heavy atom. The lowest BCUT2D eigenvalue weighted by Gasteiger charge is -2.12. The Morgan fingerprint density at radius 1 is 1.00 bits per heavy atom. The standard InChI is InChI=1S/C12H6Cl3F3N2O/c13-7-2-6(19)3-8(14)10(7)21-11-9(15)1-5(4-20-11)12(16,17)18/h1-4H,19H2. The van der Waals surface area contributed by atoms with Crippen molar-refractivity contribution >= 4 is 40.5 Å². The largest absolute Gasteiger partial charge is 0.434 e. The van der Waals surface area contributed by atoms with Crippen molar-refractivity contribution in [3.8, 4) is 11.6 Å². The zero-order valence-corrected chi connectivity index (χ0v) is 12.3. The number of ether oxygens (including phenoxy) is 1. The second-order valence-corrected chi connectivity index (χ2v) is 5.15. The number of anilines is 1. The smallest absolute Gasteiger partial charge is 0.417 e. The van der Waals surface area contributed by atoms with E-state index in [1.54, 1.807) is 0 Å². The van der Waals surface area contributed by atoms with Crippen molar-refractivity contribution in [1.82, 2.24) is 4.98 Å². The number of hydrogen-bond donors (Lipinski definition) is 1. The third-order valence-corrected chi connectivity index (χ3v) is 3.19. The van der Waals surface area contributed by atoms with Crippen molar-refractivity contribution < 1.29 is 17.9 Å². The fraction of sp³-hybridized carbons (Fsp3) is 0.0833. The number of hydrogen-bond acceptors (Lipinski definition) is 3. The molecule has 21 heavy (non-hydrogen) atoms. The summed E-state index contributed by atoms with van der Waals surface area (Å²) in [6, 6.07) is 3.45. The van der Waals surface area contributed by atoms with Gasteiger partial charge in [0.15, 0.2) is 5.75 Å². The molecule has 2 rings (SSSR count). The third-order valence-electron chi connectivity index (χ3n) is 2.35. The van der Waals surface area contributed by atoms with E-state index in [9.17, 15) is 13.2 Å². The molecule has 1 aromatic carbocycles. The van der Waals surface area contributed by atoms with Gasteiger partial charge in [-0.05, 0) is 18.2 Å². The van der Waals surface area contributed by atoms with Gasteiger partial charge in [-0.3, -0.25) is 0 Å². The number of nitrogen functional groups attached to an aromatic ring is 1. The lowest BCUT2D eigenvalue weighted by molar-refractivity contribution is -0.137. The molecule has 0 atom stereocenters. The lowest BCUT2D eigenvalue weighted by atomic mass is 10.3. The van der Waals surface area contributed by atoms with Crippen LogP contribution in [0.3, 0.4) is 0 Å². The van der Waals surface area contributed by atoms with Crippen LogP contribution in [0.4, 0.5) is 18.9 Å². The summed E-state index contributed by atoms with van der Waals surface area (Å²) >= 11 is 17.5. The van der Waals surface area contributed by atoms with Gasteiger partial charge in [0, 0.05) is 11.9 Å². The zero-order chi connectivity index (χ0) is 15.8. The predicted octanol–water partition coefficient (Wildman–Crippen LogP) is 5.44. The maximum absolute atomic E-state index is 12.5. The Morgan fingerprint density at radius 2 is 1.57 bits per heavy atom. The Labute approximate surface area is 132 Å². The average molecular weight is 358 g/mol. The van der Waals surface area contributed by atoms with Crippen molar-refractivity contribution in [1.29, 1.82) is 0 Å². The van der Waals surface area contributed by atoms with Gasteiger partial charge in [0.25, 0.3) is 0 Å². The van der Waals surface area contributed by atoms with Gasteiger partial charge in [0.1, 0.15) is 5.02 Å². The number of rotatable bonds is 2. The van der Waals surface area contributed by atoms with Crippen molar-refractivity contribution in [2.45, 2.75) is 6.18 Å². The molecule has 2 N–H and O–H groups in total. The number of aromatic nitrogens is 1. The summed E-state index contributed by atoms with van der Waals surface area (Å²) in [7, 11) is 0. The molecule has 0 radical (unpaired) electrons. The van der Waals surface area contributed by atoms with Gasteiger partial charge in [0.2, 0.25) is 5.88 Å². The molecule has 1 heterocycles. The highest BCUT2D eigenvalue weighted by atomic mass is 35.5. The highest BCUT2D eigenvalue weighted by molar-refractivity contribution is 6.37. The predicted molar refractivity (Wildman–Crippen MR) is 75.2 cm³/mol. The molecular formula is C12H6Cl3F3N2O. The van der Waals surface area contributed by atoms with Crippen LogP contribution in [0, 0.1) is 0 Å². The Kier molecular flexibility index (Phi) is 4.41. The molecular weight excluding hydrogens is 351 g/mol. The normalized spacial score (nSPS) is 11.5. The van der Waals surface area contributed by atoms with E-state index in [-0.39, 0.29) is 26.7 Å². The fourth-order valence-corrected chi connectivity index (χ4v) is 2.22. The molecule has 1 aromatic heterocycles. The van der Waals surface area contributed by atoms with Crippen LogP contribution in [0.2, 0.25) is 15.1 Å². The van der Waals surface area contributed by atoms with Gasteiger partial charge in [-0.15, -0.1) is 0 Å². The van der Waals surface area contributed by atoms with Gasteiger partial charge in [-0.2, -0.15) is 13.2 Å². The molecule has 0 saturated heterocycles. The fourth-order valence-electron chi connectivity index (χ4n) is 1.43. The second-order valence-electron chi connectivity index (χ2n) is 3.92. The zero-order valence-electron chi connectivity index (χ0n) is 10.0. The molecule has 0 aliphatic carbocycles. The summed E-state index contributed by atoms with van der Waals surface area (Å²) in [4.78, 5) is 3.52. The van der Waals surface area contributed by atoms with Crippen LogP contribution in [0.5, 0.6) is 11.6 Å². The van der Waals surface area contributed by atoms with Gasteiger partial charge in [-0.25, -0.2) is 4.98 Å². The topological polar surface area (TPSA) is 48.1 Å². The van der Waals surface area contributed by atoms with Crippen LogP contribution in [-0.2, 0) is 6.18 Å². The van der Waals surface area contributed by atoms with Gasteiger partial charge in [-0.1, -0.05) is 34.8 Å². The maximum Gasteiger partial charge on any atom is 0.417 e. The molecule has 0 aliphatic heterocycles. The van der Waals surface area contributed by atoms with Crippen LogP contribution in [-0.4, -0.2) is 4.98 Å². The Bertz CT molecular complexity index is 669. The number of benzene rings is 1. The van der Waals surface area contributed by atoms with E-state index in [4.69, 9.17) is 45.3 Å². The van der Waals surface area contributed by atoms with Gasteiger partial charge in [0.05, 0.1) is 15.6 Å². The van der Waals surface area contributed by atoms with Crippen molar-refractivity contribution in [3.63, 3.8) is 0 Å². The number of nitrogens with two attached hydrogens (primary N) is 1. The molecule has 2 aromatic rings. The van der Waals surface area contributed by atoms with E-state index in [1.807, 2.05) is 0 Å². The average Bonchev–Trinajstić information content (AvgIpc) is 2.33. The van der Waals surface area contributed by atoms with Crippen LogP contribution in [0.15, 0.2) is 24.4 Å². The second kappa shape index (κ2) is 5.79. The molecule has 0 saturated carbocycles. The summed E-state index contributed by atoms with van der Waals surface area (Å²) in [6.07, 6.45) is -3.95. The Hall–Kier alpha value is -1.37. The van der Waals surface area contributed by atoms with E-state index in [1.165, 1.54) is 12.1 Å². The molecule has 0 fully saturated rings. The van der Waals surface area contributed by atoms with E-state index in [0.29, 0.717) is 18.0 Å². The summed E-state index contributed by atoms with van der Waals surface area (Å²) in [5.74, 6) is -0.250. The van der Waals surface area contributed by atoms with E-state index >= 15 is 0 Å². The highest BCUT2D eigenvalue weighted by Crippen LogP contribution is 2.40. The number of halogens is 6.